The number of likely N-dealkylation sites (tertiary alicyclic amines) is 1. The van der Waals surface area contributed by atoms with Crippen LogP contribution in [0.5, 0.6) is 0 Å². The molecule has 1 aliphatic rings. The Balaban J connectivity index is 1.46. The minimum Gasteiger partial charge on any atom is -0.466 e. The lowest BCUT2D eigenvalue weighted by molar-refractivity contribution is -0.151. The fraction of sp³-hybridized carbons (Fsp3) is 0.400. The van der Waals surface area contributed by atoms with E-state index in [4.69, 9.17) is 9.47 Å². The number of hydrogen-bond donors (Lipinski definition) is 1. The van der Waals surface area contributed by atoms with Gasteiger partial charge in [0.05, 0.1) is 18.1 Å². The molecule has 0 bridgehead atoms. The third-order valence-electron chi connectivity index (χ3n) is 4.69. The predicted octanol–water partition coefficient (Wildman–Crippen LogP) is 2.04. The van der Waals surface area contributed by atoms with Crippen molar-refractivity contribution in [3.8, 4) is 11.4 Å². The number of esters is 2. The topological polar surface area (TPSA) is 102 Å². The molecule has 0 radical (unpaired) electrons. The first kappa shape index (κ1) is 19.6. The third-order valence-corrected chi connectivity index (χ3v) is 4.69. The van der Waals surface area contributed by atoms with Crippen molar-refractivity contribution in [3.05, 3.63) is 42.2 Å². The highest BCUT2D eigenvalue weighted by atomic mass is 16.5. The highest BCUT2D eigenvalue weighted by Crippen LogP contribution is 2.19. The number of carbonyl (C=O) groups is 3. The van der Waals surface area contributed by atoms with Gasteiger partial charge in [0.2, 0.25) is 0 Å². The van der Waals surface area contributed by atoms with E-state index in [1.165, 1.54) is 0 Å². The van der Waals surface area contributed by atoms with Crippen molar-refractivity contribution >= 4 is 17.8 Å². The quantitative estimate of drug-likeness (QED) is 0.764. The van der Waals surface area contributed by atoms with Crippen molar-refractivity contribution in [1.29, 1.82) is 0 Å². The Hall–Kier alpha value is -3.16. The standard InChI is InChI=1S/C20H23N3O5/c1-2-27-19(25)16-7-11-23(12-8-16)17(24)13-28-20(26)15-5-3-14(4-6-15)18-21-9-10-22-18/h3-6,9-10,16H,2,7-8,11-13H2,1H3,(H,21,22). The molecular formula is C20H23N3O5. The zero-order valence-electron chi connectivity index (χ0n) is 15.7. The number of nitrogens with zero attached hydrogens (tertiary/aromatic N) is 2. The van der Waals surface area contributed by atoms with Gasteiger partial charge >= 0.3 is 11.9 Å². The number of rotatable bonds is 6. The highest BCUT2D eigenvalue weighted by molar-refractivity contribution is 5.91. The molecule has 1 aliphatic heterocycles. The van der Waals surface area contributed by atoms with E-state index in [1.54, 1.807) is 48.5 Å². The van der Waals surface area contributed by atoms with Crippen LogP contribution in [0.2, 0.25) is 0 Å². The molecular weight excluding hydrogens is 362 g/mol. The summed E-state index contributed by atoms with van der Waals surface area (Å²) in [6.07, 6.45) is 4.50. The van der Waals surface area contributed by atoms with Crippen molar-refractivity contribution in [2.75, 3.05) is 26.3 Å². The summed E-state index contributed by atoms with van der Waals surface area (Å²) >= 11 is 0. The van der Waals surface area contributed by atoms with Crippen LogP contribution in [0.1, 0.15) is 30.1 Å². The number of hydrogen-bond acceptors (Lipinski definition) is 6. The summed E-state index contributed by atoms with van der Waals surface area (Å²) in [5.41, 5.74) is 1.21. The molecule has 1 N–H and O–H groups in total. The first-order valence-electron chi connectivity index (χ1n) is 9.30. The monoisotopic (exact) mass is 385 g/mol. The molecule has 0 unspecified atom stereocenters. The molecule has 8 nitrogen and oxygen atoms in total. The molecule has 148 valence electrons. The summed E-state index contributed by atoms with van der Waals surface area (Å²) in [5.74, 6) is -0.483. The Bertz CT molecular complexity index is 809. The molecule has 0 aliphatic carbocycles. The first-order chi connectivity index (χ1) is 13.6. The number of ether oxygens (including phenoxy) is 2. The summed E-state index contributed by atoms with van der Waals surface area (Å²) in [4.78, 5) is 44.9. The molecule has 1 saturated heterocycles. The van der Waals surface area contributed by atoms with Gasteiger partial charge in [0.1, 0.15) is 5.82 Å². The number of benzene rings is 1. The van der Waals surface area contributed by atoms with Gasteiger partial charge in [-0.05, 0) is 31.9 Å². The molecule has 8 heteroatoms. The zero-order valence-corrected chi connectivity index (χ0v) is 15.7. The Labute approximate surface area is 162 Å². The molecule has 0 spiro atoms. The maximum absolute atomic E-state index is 12.3. The number of H-pyrrole nitrogens is 1. The molecule has 1 aromatic carbocycles. The van der Waals surface area contributed by atoms with Crippen LogP contribution < -0.4 is 0 Å². The Morgan fingerprint density at radius 3 is 2.46 bits per heavy atom. The lowest BCUT2D eigenvalue weighted by Gasteiger charge is -2.30. The van der Waals surface area contributed by atoms with Gasteiger partial charge in [-0.1, -0.05) is 12.1 Å². The smallest absolute Gasteiger partial charge is 0.338 e. The summed E-state index contributed by atoms with van der Waals surface area (Å²) in [6, 6.07) is 6.79. The number of aromatic amines is 1. The average molecular weight is 385 g/mol. The van der Waals surface area contributed by atoms with Crippen molar-refractivity contribution in [2.45, 2.75) is 19.8 Å². The molecule has 1 aromatic heterocycles. The van der Waals surface area contributed by atoms with Crippen molar-refractivity contribution in [2.24, 2.45) is 5.92 Å². The SMILES string of the molecule is CCOC(=O)C1CCN(C(=O)COC(=O)c2ccc(-c3ncc[nH]3)cc2)CC1. The van der Waals surface area contributed by atoms with E-state index >= 15 is 0 Å². The van der Waals surface area contributed by atoms with Gasteiger partial charge in [0.15, 0.2) is 6.61 Å². The van der Waals surface area contributed by atoms with Gasteiger partial charge in [0, 0.05) is 31.0 Å². The van der Waals surface area contributed by atoms with Crippen LogP contribution in [0.15, 0.2) is 36.7 Å². The van der Waals surface area contributed by atoms with Crippen molar-refractivity contribution in [3.63, 3.8) is 0 Å². The second-order valence-corrected chi connectivity index (χ2v) is 6.50. The number of amides is 1. The number of carbonyl (C=O) groups excluding carboxylic acids is 3. The van der Waals surface area contributed by atoms with Crippen molar-refractivity contribution in [1.82, 2.24) is 14.9 Å². The van der Waals surface area contributed by atoms with Gasteiger partial charge in [-0.3, -0.25) is 9.59 Å². The number of piperidine rings is 1. The summed E-state index contributed by atoms with van der Waals surface area (Å²) < 4.78 is 10.2. The number of imidazole rings is 1. The predicted molar refractivity (Wildman–Crippen MR) is 100 cm³/mol. The van der Waals surface area contributed by atoms with Crippen LogP contribution in [0, 0.1) is 5.92 Å². The lowest BCUT2D eigenvalue weighted by Crippen LogP contribution is -2.42. The Morgan fingerprint density at radius 1 is 1.14 bits per heavy atom. The minimum absolute atomic E-state index is 0.167. The van der Waals surface area contributed by atoms with Crippen LogP contribution in [-0.4, -0.2) is 59.0 Å². The van der Waals surface area contributed by atoms with Gasteiger partial charge < -0.3 is 19.4 Å². The van der Waals surface area contributed by atoms with Gasteiger partial charge in [-0.15, -0.1) is 0 Å². The van der Waals surface area contributed by atoms with E-state index in [9.17, 15) is 14.4 Å². The molecule has 3 rings (SSSR count). The summed E-state index contributed by atoms with van der Waals surface area (Å²) in [6.45, 7) is 2.73. The van der Waals surface area contributed by atoms with Crippen LogP contribution in [-0.2, 0) is 19.1 Å². The normalized spacial score (nSPS) is 14.5. The van der Waals surface area contributed by atoms with E-state index in [-0.39, 0.29) is 24.4 Å². The van der Waals surface area contributed by atoms with Gasteiger partial charge in [-0.2, -0.15) is 0 Å². The maximum atomic E-state index is 12.3. The molecule has 28 heavy (non-hydrogen) atoms. The fourth-order valence-corrected chi connectivity index (χ4v) is 3.11. The second-order valence-electron chi connectivity index (χ2n) is 6.50. The second kappa shape index (κ2) is 9.16. The van der Waals surface area contributed by atoms with Gasteiger partial charge in [-0.25, -0.2) is 9.78 Å². The lowest BCUT2D eigenvalue weighted by atomic mass is 9.97. The molecule has 1 fully saturated rings. The molecule has 0 atom stereocenters. The fourth-order valence-electron chi connectivity index (χ4n) is 3.11. The number of aromatic nitrogens is 2. The van der Waals surface area contributed by atoms with E-state index in [1.807, 2.05) is 0 Å². The zero-order chi connectivity index (χ0) is 19.9. The van der Waals surface area contributed by atoms with Crippen molar-refractivity contribution < 1.29 is 23.9 Å². The summed E-state index contributed by atoms with van der Waals surface area (Å²) in [5, 5.41) is 0. The van der Waals surface area contributed by atoms with Crippen LogP contribution >= 0.6 is 0 Å². The van der Waals surface area contributed by atoms with Crippen LogP contribution in [0.3, 0.4) is 0 Å². The van der Waals surface area contributed by atoms with E-state index in [2.05, 4.69) is 9.97 Å². The Kier molecular flexibility index (Phi) is 6.41. The highest BCUT2D eigenvalue weighted by Gasteiger charge is 2.28. The third kappa shape index (κ3) is 4.76. The van der Waals surface area contributed by atoms with E-state index < -0.39 is 5.97 Å². The van der Waals surface area contributed by atoms with Gasteiger partial charge in [0.25, 0.3) is 5.91 Å². The Morgan fingerprint density at radius 2 is 1.86 bits per heavy atom. The average Bonchev–Trinajstić information content (AvgIpc) is 3.27. The molecule has 0 saturated carbocycles. The minimum atomic E-state index is -0.555. The van der Waals surface area contributed by atoms with E-state index in [0.29, 0.717) is 43.9 Å². The largest absolute Gasteiger partial charge is 0.466 e. The molecule has 2 heterocycles. The first-order valence-corrected chi connectivity index (χ1v) is 9.30. The maximum Gasteiger partial charge on any atom is 0.338 e. The summed E-state index contributed by atoms with van der Waals surface area (Å²) in [7, 11) is 0. The van der Waals surface area contributed by atoms with Crippen LogP contribution in [0.4, 0.5) is 0 Å². The number of nitrogens with one attached hydrogen (secondary N) is 1. The van der Waals surface area contributed by atoms with E-state index in [0.717, 1.165) is 5.56 Å². The molecule has 2 aromatic rings. The molecule has 1 amide bonds. The van der Waals surface area contributed by atoms with Crippen LogP contribution in [0.25, 0.3) is 11.4 Å².